The fraction of sp³-hybridized carbons (Fsp3) is 0.545. The van der Waals surface area contributed by atoms with Crippen LogP contribution >= 0.6 is 0 Å². The minimum Gasteiger partial charge on any atom is -0.354 e. The molecule has 1 saturated heterocycles. The number of hydrogen-bond acceptors (Lipinski definition) is 5. The molecule has 2 N–H and O–H groups in total. The fourth-order valence-corrected chi connectivity index (χ4v) is 2.93. The molecule has 0 saturated carbocycles. The first-order valence-corrected chi connectivity index (χ1v) is 7.71. The van der Waals surface area contributed by atoms with Crippen molar-refractivity contribution < 1.29 is 8.42 Å². The highest BCUT2D eigenvalue weighted by atomic mass is 32.2. The maximum Gasteiger partial charge on any atom is 0.211 e. The van der Waals surface area contributed by atoms with Gasteiger partial charge in [0.15, 0.2) is 0 Å². The van der Waals surface area contributed by atoms with Crippen LogP contribution in [-0.2, 0) is 16.6 Å². The Hall–Kier alpha value is -1.18. The van der Waals surface area contributed by atoms with E-state index in [2.05, 4.69) is 9.88 Å². The van der Waals surface area contributed by atoms with Crippen molar-refractivity contribution in [1.82, 2.24) is 9.29 Å². The van der Waals surface area contributed by atoms with Crippen molar-refractivity contribution in [2.24, 2.45) is 5.73 Å². The smallest absolute Gasteiger partial charge is 0.211 e. The molecule has 0 amide bonds. The van der Waals surface area contributed by atoms with Gasteiger partial charge in [-0.1, -0.05) is 6.07 Å². The molecule has 18 heavy (non-hydrogen) atoms. The van der Waals surface area contributed by atoms with Gasteiger partial charge in [0, 0.05) is 44.5 Å². The summed E-state index contributed by atoms with van der Waals surface area (Å²) >= 11 is 0. The second kappa shape index (κ2) is 5.21. The molecule has 0 spiro atoms. The Labute approximate surface area is 107 Å². The molecule has 0 aliphatic carbocycles. The van der Waals surface area contributed by atoms with E-state index in [1.165, 1.54) is 10.6 Å². The lowest BCUT2D eigenvalue weighted by Crippen LogP contribution is -2.48. The van der Waals surface area contributed by atoms with Crippen LogP contribution in [0, 0.1) is 0 Å². The Morgan fingerprint density at radius 3 is 2.56 bits per heavy atom. The highest BCUT2D eigenvalue weighted by Crippen LogP contribution is 2.19. The van der Waals surface area contributed by atoms with Crippen LogP contribution in [0.1, 0.15) is 5.56 Å². The molecule has 0 aromatic carbocycles. The van der Waals surface area contributed by atoms with Crippen LogP contribution in [0.25, 0.3) is 0 Å². The quantitative estimate of drug-likeness (QED) is 0.810. The minimum absolute atomic E-state index is 0.440. The second-order valence-electron chi connectivity index (χ2n) is 4.34. The van der Waals surface area contributed by atoms with Gasteiger partial charge < -0.3 is 10.6 Å². The average molecular weight is 270 g/mol. The Morgan fingerprint density at radius 1 is 1.33 bits per heavy atom. The molecule has 0 unspecified atom stereocenters. The van der Waals surface area contributed by atoms with Crippen LogP contribution in [0.2, 0.25) is 0 Å². The fourth-order valence-electron chi connectivity index (χ4n) is 2.11. The first kappa shape index (κ1) is 13.3. The highest BCUT2D eigenvalue weighted by Gasteiger charge is 2.24. The van der Waals surface area contributed by atoms with Gasteiger partial charge in [-0.2, -0.15) is 4.31 Å². The van der Waals surface area contributed by atoms with Gasteiger partial charge in [0.2, 0.25) is 10.0 Å². The maximum atomic E-state index is 11.4. The number of nitrogens with two attached hydrogens (primary N) is 1. The summed E-state index contributed by atoms with van der Waals surface area (Å²) in [5, 5.41) is 0. The number of hydrogen-bond donors (Lipinski definition) is 1. The number of pyridine rings is 1. The van der Waals surface area contributed by atoms with Crippen molar-refractivity contribution in [2.75, 3.05) is 37.3 Å². The molecule has 1 aromatic heterocycles. The maximum absolute atomic E-state index is 11.4. The molecule has 0 bridgehead atoms. The lowest BCUT2D eigenvalue weighted by Gasteiger charge is -2.34. The standard InChI is InChI=1S/C11H18N4O2S/c1-18(16,17)15-7-5-14(6-8-15)11-10(9-12)3-2-4-13-11/h2-4H,5-9,12H2,1H3. The molecule has 2 heterocycles. The van der Waals surface area contributed by atoms with Crippen molar-refractivity contribution >= 4 is 15.8 Å². The zero-order valence-electron chi connectivity index (χ0n) is 10.4. The number of piperazine rings is 1. The summed E-state index contributed by atoms with van der Waals surface area (Å²) in [7, 11) is -3.09. The molecule has 1 aliphatic rings. The van der Waals surface area contributed by atoms with Crippen LogP contribution in [0.5, 0.6) is 0 Å². The van der Waals surface area contributed by atoms with Gasteiger partial charge >= 0.3 is 0 Å². The van der Waals surface area contributed by atoms with Crippen molar-refractivity contribution in [2.45, 2.75) is 6.54 Å². The first-order valence-electron chi connectivity index (χ1n) is 5.86. The van der Waals surface area contributed by atoms with Gasteiger partial charge in [-0.25, -0.2) is 13.4 Å². The summed E-state index contributed by atoms with van der Waals surface area (Å²) in [6.07, 6.45) is 2.98. The molecule has 1 fully saturated rings. The van der Waals surface area contributed by atoms with Gasteiger partial charge in [-0.05, 0) is 6.07 Å². The monoisotopic (exact) mass is 270 g/mol. The molecule has 100 valence electrons. The Balaban J connectivity index is 2.10. The zero-order valence-corrected chi connectivity index (χ0v) is 11.2. The van der Waals surface area contributed by atoms with E-state index in [4.69, 9.17) is 5.73 Å². The summed E-state index contributed by atoms with van der Waals surface area (Å²) in [5.41, 5.74) is 6.67. The van der Waals surface area contributed by atoms with E-state index in [0.717, 1.165) is 11.4 Å². The van der Waals surface area contributed by atoms with Gasteiger partial charge in [-0.15, -0.1) is 0 Å². The van der Waals surface area contributed by atoms with Crippen LogP contribution in [0.15, 0.2) is 18.3 Å². The molecule has 0 radical (unpaired) electrons. The third-order valence-electron chi connectivity index (χ3n) is 3.09. The molecule has 7 heteroatoms. The van der Waals surface area contributed by atoms with Crippen LogP contribution in [0.4, 0.5) is 5.82 Å². The SMILES string of the molecule is CS(=O)(=O)N1CCN(c2ncccc2CN)CC1. The van der Waals surface area contributed by atoms with Crippen LogP contribution in [-0.4, -0.2) is 50.1 Å². The molecular weight excluding hydrogens is 252 g/mol. The number of sulfonamides is 1. The molecule has 0 atom stereocenters. The molecule has 1 aliphatic heterocycles. The Morgan fingerprint density at radius 2 is 2.00 bits per heavy atom. The molecule has 2 rings (SSSR count). The van der Waals surface area contributed by atoms with Crippen molar-refractivity contribution in [3.63, 3.8) is 0 Å². The first-order chi connectivity index (χ1) is 8.52. The topological polar surface area (TPSA) is 79.5 Å². The number of aromatic nitrogens is 1. The van der Waals surface area contributed by atoms with Gasteiger partial charge in [0.05, 0.1) is 6.26 Å². The number of nitrogens with zero attached hydrogens (tertiary/aromatic N) is 3. The minimum atomic E-state index is -3.09. The van der Waals surface area contributed by atoms with Crippen molar-refractivity contribution in [1.29, 1.82) is 0 Å². The Kier molecular flexibility index (Phi) is 3.84. The predicted octanol–water partition coefficient (Wildman–Crippen LogP) is -0.378. The van der Waals surface area contributed by atoms with E-state index < -0.39 is 10.0 Å². The molecular formula is C11H18N4O2S. The van der Waals surface area contributed by atoms with E-state index in [1.807, 2.05) is 12.1 Å². The van der Waals surface area contributed by atoms with Crippen LogP contribution < -0.4 is 10.6 Å². The van der Waals surface area contributed by atoms with Crippen molar-refractivity contribution in [3.05, 3.63) is 23.9 Å². The van der Waals surface area contributed by atoms with Gasteiger partial charge in [0.1, 0.15) is 5.82 Å². The van der Waals surface area contributed by atoms with E-state index in [0.29, 0.717) is 32.7 Å². The van der Waals surface area contributed by atoms with E-state index in [1.54, 1.807) is 6.20 Å². The van der Waals surface area contributed by atoms with E-state index in [9.17, 15) is 8.42 Å². The van der Waals surface area contributed by atoms with Gasteiger partial charge in [-0.3, -0.25) is 0 Å². The third kappa shape index (κ3) is 2.80. The largest absolute Gasteiger partial charge is 0.354 e. The average Bonchev–Trinajstić information content (AvgIpc) is 2.38. The molecule has 6 nitrogen and oxygen atoms in total. The van der Waals surface area contributed by atoms with E-state index in [-0.39, 0.29) is 0 Å². The number of rotatable bonds is 3. The summed E-state index contributed by atoms with van der Waals surface area (Å²) in [6, 6.07) is 3.81. The molecule has 1 aromatic rings. The predicted molar refractivity (Wildman–Crippen MR) is 70.8 cm³/mol. The lowest BCUT2D eigenvalue weighted by atomic mass is 10.2. The van der Waals surface area contributed by atoms with Gasteiger partial charge in [0.25, 0.3) is 0 Å². The van der Waals surface area contributed by atoms with Crippen LogP contribution in [0.3, 0.4) is 0 Å². The lowest BCUT2D eigenvalue weighted by molar-refractivity contribution is 0.386. The Bertz CT molecular complexity index is 510. The highest BCUT2D eigenvalue weighted by molar-refractivity contribution is 7.88. The van der Waals surface area contributed by atoms with E-state index >= 15 is 0 Å². The summed E-state index contributed by atoms with van der Waals surface area (Å²) in [6.45, 7) is 2.74. The normalized spacial score (nSPS) is 18.0. The summed E-state index contributed by atoms with van der Waals surface area (Å²) in [4.78, 5) is 6.43. The summed E-state index contributed by atoms with van der Waals surface area (Å²) < 4.78 is 24.3. The second-order valence-corrected chi connectivity index (χ2v) is 6.32. The van der Waals surface area contributed by atoms with Crippen molar-refractivity contribution in [3.8, 4) is 0 Å². The third-order valence-corrected chi connectivity index (χ3v) is 4.40. The number of anilines is 1. The summed E-state index contributed by atoms with van der Waals surface area (Å²) in [5.74, 6) is 0.869. The zero-order chi connectivity index (χ0) is 13.2.